The molecule has 118 valence electrons. The van der Waals surface area contributed by atoms with Gasteiger partial charge in [-0.1, -0.05) is 36.4 Å². The first-order valence-electron chi connectivity index (χ1n) is 7.21. The summed E-state index contributed by atoms with van der Waals surface area (Å²) >= 11 is 0. The van der Waals surface area contributed by atoms with Gasteiger partial charge in [-0.3, -0.25) is 30.6 Å². The number of nitrogens with one attached hydrogen (secondary N) is 4. The van der Waals surface area contributed by atoms with Crippen molar-refractivity contribution in [2.24, 2.45) is 0 Å². The Morgan fingerprint density at radius 1 is 0.708 bits per heavy atom. The summed E-state index contributed by atoms with van der Waals surface area (Å²) in [6.45, 7) is 0. The number of aromatic amines is 2. The molecule has 8 nitrogen and oxygen atoms in total. The number of H-pyrrole nitrogens is 2. The van der Waals surface area contributed by atoms with Gasteiger partial charge in [-0.2, -0.15) is 10.2 Å². The fourth-order valence-electron chi connectivity index (χ4n) is 2.51. The van der Waals surface area contributed by atoms with Gasteiger partial charge in [-0.25, -0.2) is 0 Å². The Morgan fingerprint density at radius 2 is 1.12 bits per heavy atom. The molecule has 0 aliphatic rings. The lowest BCUT2D eigenvalue weighted by Gasteiger charge is -2.04. The zero-order chi connectivity index (χ0) is 16.5. The second kappa shape index (κ2) is 5.51. The molecule has 0 aliphatic carbocycles. The van der Waals surface area contributed by atoms with Crippen molar-refractivity contribution in [3.05, 3.63) is 59.9 Å². The molecule has 2 amide bonds. The largest absolute Gasteiger partial charge is 0.290 e. The minimum atomic E-state index is -0.513. The second-order valence-electron chi connectivity index (χ2n) is 5.14. The van der Waals surface area contributed by atoms with Crippen LogP contribution in [0.3, 0.4) is 0 Å². The van der Waals surface area contributed by atoms with Crippen LogP contribution >= 0.6 is 0 Å². The smallest absolute Gasteiger partial charge is 0.277 e. The molecule has 8 heteroatoms. The minimum Gasteiger partial charge on any atom is -0.277 e. The maximum absolute atomic E-state index is 12.2. The highest BCUT2D eigenvalue weighted by Gasteiger charge is 2.17. The fraction of sp³-hybridized carbons (Fsp3) is 0. The van der Waals surface area contributed by atoms with Crippen LogP contribution in [0.1, 0.15) is 21.0 Å². The summed E-state index contributed by atoms with van der Waals surface area (Å²) in [4.78, 5) is 24.4. The number of rotatable bonds is 2. The third-order valence-corrected chi connectivity index (χ3v) is 3.66. The van der Waals surface area contributed by atoms with Crippen molar-refractivity contribution in [3.63, 3.8) is 0 Å². The Morgan fingerprint density at radius 3 is 1.58 bits per heavy atom. The summed E-state index contributed by atoms with van der Waals surface area (Å²) < 4.78 is 0. The molecule has 4 rings (SSSR count). The van der Waals surface area contributed by atoms with Crippen molar-refractivity contribution >= 4 is 33.6 Å². The molecule has 0 atom stereocenters. The summed E-state index contributed by atoms with van der Waals surface area (Å²) in [6, 6.07) is 14.5. The molecule has 0 fully saturated rings. The topological polar surface area (TPSA) is 116 Å². The zero-order valence-electron chi connectivity index (χ0n) is 12.3. The number of aromatic nitrogens is 4. The number of amides is 2. The summed E-state index contributed by atoms with van der Waals surface area (Å²) in [5.41, 5.74) is 6.61. The maximum Gasteiger partial charge on any atom is 0.290 e. The molecule has 0 saturated carbocycles. The van der Waals surface area contributed by atoms with Crippen LogP contribution in [0.5, 0.6) is 0 Å². The van der Waals surface area contributed by atoms with Crippen LogP contribution in [0, 0.1) is 0 Å². The quantitative estimate of drug-likeness (QED) is 0.419. The van der Waals surface area contributed by atoms with E-state index >= 15 is 0 Å². The highest BCUT2D eigenvalue weighted by Crippen LogP contribution is 2.15. The van der Waals surface area contributed by atoms with Crippen LogP contribution in [0.15, 0.2) is 48.5 Å². The maximum atomic E-state index is 12.2. The molecular formula is C16H12N6O2. The van der Waals surface area contributed by atoms with Gasteiger partial charge >= 0.3 is 0 Å². The van der Waals surface area contributed by atoms with Gasteiger partial charge in [-0.05, 0) is 12.1 Å². The molecule has 0 aliphatic heterocycles. The van der Waals surface area contributed by atoms with Gasteiger partial charge in [-0.15, -0.1) is 0 Å². The number of benzene rings is 2. The molecule has 0 bridgehead atoms. The molecule has 0 radical (unpaired) electrons. The number of hydrazine groups is 1. The summed E-state index contributed by atoms with van der Waals surface area (Å²) in [7, 11) is 0. The van der Waals surface area contributed by atoms with E-state index in [9.17, 15) is 9.59 Å². The number of hydrogen-bond donors (Lipinski definition) is 4. The van der Waals surface area contributed by atoms with Gasteiger partial charge in [0, 0.05) is 10.8 Å². The van der Waals surface area contributed by atoms with Gasteiger partial charge in [0.2, 0.25) is 0 Å². The summed E-state index contributed by atoms with van der Waals surface area (Å²) in [5.74, 6) is -1.03. The van der Waals surface area contributed by atoms with Crippen LogP contribution in [0.4, 0.5) is 0 Å². The third kappa shape index (κ3) is 2.26. The zero-order valence-corrected chi connectivity index (χ0v) is 12.3. The van der Waals surface area contributed by atoms with Gasteiger partial charge in [0.15, 0.2) is 11.4 Å². The lowest BCUT2D eigenvalue weighted by molar-refractivity contribution is 0.0843. The Bertz CT molecular complexity index is 979. The Labute approximate surface area is 135 Å². The monoisotopic (exact) mass is 320 g/mol. The van der Waals surface area contributed by atoms with Gasteiger partial charge in [0.05, 0.1) is 11.0 Å². The number of hydrogen-bond acceptors (Lipinski definition) is 4. The highest BCUT2D eigenvalue weighted by atomic mass is 16.2. The third-order valence-electron chi connectivity index (χ3n) is 3.66. The lowest BCUT2D eigenvalue weighted by atomic mass is 10.2. The van der Waals surface area contributed by atoms with Crippen LogP contribution in [-0.2, 0) is 0 Å². The van der Waals surface area contributed by atoms with Crippen molar-refractivity contribution in [3.8, 4) is 0 Å². The van der Waals surface area contributed by atoms with Crippen LogP contribution < -0.4 is 10.9 Å². The van der Waals surface area contributed by atoms with Gasteiger partial charge in [0.25, 0.3) is 11.8 Å². The first-order valence-corrected chi connectivity index (χ1v) is 7.21. The van der Waals surface area contributed by atoms with Crippen LogP contribution in [0.2, 0.25) is 0 Å². The fourth-order valence-corrected chi connectivity index (χ4v) is 2.51. The number of para-hydroxylation sites is 2. The normalized spacial score (nSPS) is 10.8. The molecule has 0 spiro atoms. The average molecular weight is 320 g/mol. The number of carbonyl (C=O) groups excluding carboxylic acids is 2. The highest BCUT2D eigenvalue weighted by molar-refractivity contribution is 6.08. The molecule has 4 N–H and O–H groups in total. The van der Waals surface area contributed by atoms with E-state index in [0.29, 0.717) is 10.8 Å². The lowest BCUT2D eigenvalue weighted by Crippen LogP contribution is -2.42. The minimum absolute atomic E-state index is 0.206. The number of fused-ring (bicyclic) bond motifs is 2. The Kier molecular flexibility index (Phi) is 3.20. The van der Waals surface area contributed by atoms with Crippen molar-refractivity contribution in [1.82, 2.24) is 31.2 Å². The molecular weight excluding hydrogens is 308 g/mol. The molecule has 0 unspecified atom stereocenters. The Balaban J connectivity index is 1.52. The van der Waals surface area contributed by atoms with Gasteiger partial charge in [0.1, 0.15) is 0 Å². The average Bonchev–Trinajstić information content (AvgIpc) is 3.23. The van der Waals surface area contributed by atoms with E-state index in [1.54, 1.807) is 12.1 Å². The summed E-state index contributed by atoms with van der Waals surface area (Å²) in [5, 5.41) is 14.8. The van der Waals surface area contributed by atoms with Gasteiger partial charge < -0.3 is 0 Å². The summed E-state index contributed by atoms with van der Waals surface area (Å²) in [6.07, 6.45) is 0. The standard InChI is InChI=1S/C16H12N6O2/c23-15(13-9-5-1-3-7-11(9)17-19-13)21-22-16(24)14-10-6-2-4-8-12(10)18-20-14/h1-8H,(H,17,19)(H,18,20)(H,21,23)(H,22,24). The SMILES string of the molecule is O=C(NNC(=O)c1n[nH]c2ccccc12)c1n[nH]c2ccccc12. The Hall–Kier alpha value is -3.68. The first kappa shape index (κ1) is 13.9. The van der Waals surface area contributed by atoms with Crippen LogP contribution in [-0.4, -0.2) is 32.2 Å². The van der Waals surface area contributed by atoms with E-state index in [-0.39, 0.29) is 11.4 Å². The van der Waals surface area contributed by atoms with Crippen molar-refractivity contribution in [2.45, 2.75) is 0 Å². The number of nitrogens with zero attached hydrogens (tertiary/aromatic N) is 2. The van der Waals surface area contributed by atoms with Crippen molar-refractivity contribution < 1.29 is 9.59 Å². The van der Waals surface area contributed by atoms with Crippen LogP contribution in [0.25, 0.3) is 21.8 Å². The molecule has 2 aromatic heterocycles. The molecule has 2 aromatic carbocycles. The van der Waals surface area contributed by atoms with Crippen molar-refractivity contribution in [1.29, 1.82) is 0 Å². The predicted molar refractivity (Wildman–Crippen MR) is 87.1 cm³/mol. The first-order chi connectivity index (χ1) is 11.7. The van der Waals surface area contributed by atoms with E-state index in [0.717, 1.165) is 11.0 Å². The van der Waals surface area contributed by atoms with E-state index in [1.165, 1.54) is 0 Å². The van der Waals surface area contributed by atoms with E-state index in [1.807, 2.05) is 36.4 Å². The molecule has 24 heavy (non-hydrogen) atoms. The predicted octanol–water partition coefficient (Wildman–Crippen LogP) is 1.51. The van der Waals surface area contributed by atoms with Crippen molar-refractivity contribution in [2.75, 3.05) is 0 Å². The molecule has 2 heterocycles. The van der Waals surface area contributed by atoms with E-state index < -0.39 is 11.8 Å². The number of carbonyl (C=O) groups is 2. The second-order valence-corrected chi connectivity index (χ2v) is 5.14. The van der Waals surface area contributed by atoms with E-state index in [4.69, 9.17) is 0 Å². The van der Waals surface area contributed by atoms with E-state index in [2.05, 4.69) is 31.2 Å². The molecule has 0 saturated heterocycles. The molecule has 4 aromatic rings.